The van der Waals surface area contributed by atoms with Crippen molar-refractivity contribution in [3.63, 3.8) is 0 Å². The van der Waals surface area contributed by atoms with E-state index < -0.39 is 0 Å². The summed E-state index contributed by atoms with van der Waals surface area (Å²) in [4.78, 5) is 14.5. The van der Waals surface area contributed by atoms with E-state index in [0.29, 0.717) is 12.2 Å². The Morgan fingerprint density at radius 3 is 2.65 bits per heavy atom. The van der Waals surface area contributed by atoms with Crippen molar-refractivity contribution in [2.24, 2.45) is 0 Å². The van der Waals surface area contributed by atoms with Crippen LogP contribution in [0.3, 0.4) is 0 Å². The lowest BCUT2D eigenvalue weighted by Gasteiger charge is -2.04. The molecular weight excluding hydrogens is 214 g/mol. The molecule has 0 spiro atoms. The van der Waals surface area contributed by atoms with Crippen LogP contribution in [0.2, 0.25) is 0 Å². The Labute approximate surface area is 99.8 Å². The number of hydrogen-bond acceptors (Lipinski definition) is 2. The van der Waals surface area contributed by atoms with E-state index in [4.69, 9.17) is 5.73 Å². The van der Waals surface area contributed by atoms with E-state index in [0.717, 1.165) is 17.7 Å². The molecule has 0 fully saturated rings. The summed E-state index contributed by atoms with van der Waals surface area (Å²) in [5.41, 5.74) is 8.09. The molecule has 1 heterocycles. The molecule has 0 saturated carbocycles. The average Bonchev–Trinajstić information content (AvgIpc) is 2.85. The van der Waals surface area contributed by atoms with Crippen molar-refractivity contribution >= 4 is 11.6 Å². The fraction of sp³-hybridized carbons (Fsp3) is 0.154. The summed E-state index contributed by atoms with van der Waals surface area (Å²) in [7, 11) is 0. The monoisotopic (exact) mass is 229 g/mol. The zero-order valence-electron chi connectivity index (χ0n) is 9.44. The molecule has 1 amide bonds. The van der Waals surface area contributed by atoms with Gasteiger partial charge >= 0.3 is 0 Å². The second-order valence-corrected chi connectivity index (χ2v) is 3.83. The molecule has 4 N–H and O–H groups in total. The number of amides is 1. The minimum atomic E-state index is -0.0783. The third-order valence-corrected chi connectivity index (χ3v) is 2.52. The third-order valence-electron chi connectivity index (χ3n) is 2.52. The Hall–Kier alpha value is -2.23. The van der Waals surface area contributed by atoms with Crippen LogP contribution in [0.1, 0.15) is 16.1 Å². The van der Waals surface area contributed by atoms with Crippen LogP contribution in [-0.2, 0) is 6.42 Å². The number of nitrogens with two attached hydrogens (primary N) is 1. The molecule has 4 heteroatoms. The Bertz CT molecular complexity index is 474. The molecule has 0 aliphatic rings. The summed E-state index contributed by atoms with van der Waals surface area (Å²) in [5, 5.41) is 2.85. The second-order valence-electron chi connectivity index (χ2n) is 3.83. The molecule has 2 aromatic rings. The van der Waals surface area contributed by atoms with E-state index in [2.05, 4.69) is 10.3 Å². The van der Waals surface area contributed by atoms with Gasteiger partial charge < -0.3 is 16.0 Å². The maximum Gasteiger partial charge on any atom is 0.267 e. The third kappa shape index (κ3) is 3.11. The minimum absolute atomic E-state index is 0.0783. The number of H-pyrrole nitrogens is 1. The van der Waals surface area contributed by atoms with Crippen LogP contribution in [0, 0.1) is 0 Å². The maximum absolute atomic E-state index is 11.6. The molecule has 88 valence electrons. The SMILES string of the molecule is Nc1ccc(CCNC(=O)c2ccc[nH]2)cc1. The fourth-order valence-electron chi connectivity index (χ4n) is 1.57. The lowest BCUT2D eigenvalue weighted by atomic mass is 10.1. The van der Waals surface area contributed by atoms with Crippen LogP contribution < -0.4 is 11.1 Å². The number of carbonyl (C=O) groups excluding carboxylic acids is 1. The van der Waals surface area contributed by atoms with Gasteiger partial charge in [-0.15, -0.1) is 0 Å². The van der Waals surface area contributed by atoms with Crippen LogP contribution in [0.5, 0.6) is 0 Å². The minimum Gasteiger partial charge on any atom is -0.399 e. The number of benzene rings is 1. The van der Waals surface area contributed by atoms with E-state index in [1.54, 1.807) is 18.3 Å². The van der Waals surface area contributed by atoms with Gasteiger partial charge in [-0.05, 0) is 36.2 Å². The summed E-state index contributed by atoms with van der Waals surface area (Å²) >= 11 is 0. The van der Waals surface area contributed by atoms with Crippen molar-refractivity contribution in [1.82, 2.24) is 10.3 Å². The lowest BCUT2D eigenvalue weighted by Crippen LogP contribution is -2.25. The lowest BCUT2D eigenvalue weighted by molar-refractivity contribution is 0.0950. The summed E-state index contributed by atoms with van der Waals surface area (Å²) in [5.74, 6) is -0.0783. The van der Waals surface area contributed by atoms with E-state index in [9.17, 15) is 4.79 Å². The summed E-state index contributed by atoms with van der Waals surface area (Å²) in [6.07, 6.45) is 2.53. The number of aromatic amines is 1. The van der Waals surface area contributed by atoms with Gasteiger partial charge in [0.25, 0.3) is 5.91 Å². The molecule has 0 radical (unpaired) electrons. The van der Waals surface area contributed by atoms with Gasteiger partial charge in [-0.2, -0.15) is 0 Å². The summed E-state index contributed by atoms with van der Waals surface area (Å²) in [6, 6.07) is 11.2. The van der Waals surface area contributed by atoms with Gasteiger partial charge in [0.05, 0.1) is 0 Å². The van der Waals surface area contributed by atoms with Gasteiger partial charge in [-0.25, -0.2) is 0 Å². The first-order valence-corrected chi connectivity index (χ1v) is 5.52. The topological polar surface area (TPSA) is 70.9 Å². The molecular formula is C13H15N3O. The van der Waals surface area contributed by atoms with Gasteiger partial charge in [0, 0.05) is 18.4 Å². The van der Waals surface area contributed by atoms with Crippen molar-refractivity contribution in [3.05, 3.63) is 53.9 Å². The highest BCUT2D eigenvalue weighted by atomic mass is 16.1. The van der Waals surface area contributed by atoms with Crippen LogP contribution in [0.4, 0.5) is 5.69 Å². The van der Waals surface area contributed by atoms with Crippen molar-refractivity contribution in [2.45, 2.75) is 6.42 Å². The molecule has 0 aliphatic heterocycles. The number of anilines is 1. The quantitative estimate of drug-likeness (QED) is 0.696. The standard InChI is InChI=1S/C13H15N3O/c14-11-5-3-10(4-6-11)7-9-16-13(17)12-2-1-8-15-12/h1-6,8,15H,7,9,14H2,(H,16,17). The zero-order chi connectivity index (χ0) is 12.1. The number of aromatic nitrogens is 1. The van der Waals surface area contributed by atoms with Gasteiger partial charge in [0.2, 0.25) is 0 Å². The predicted octanol–water partition coefficient (Wildman–Crippen LogP) is 1.57. The first kappa shape index (κ1) is 11.3. The maximum atomic E-state index is 11.6. The second kappa shape index (κ2) is 5.21. The Balaban J connectivity index is 1.80. The van der Waals surface area contributed by atoms with Gasteiger partial charge in [-0.3, -0.25) is 4.79 Å². The molecule has 0 aliphatic carbocycles. The average molecular weight is 229 g/mol. The smallest absolute Gasteiger partial charge is 0.267 e. The number of nitrogen functional groups attached to an aromatic ring is 1. The fourth-order valence-corrected chi connectivity index (χ4v) is 1.57. The van der Waals surface area contributed by atoms with Crippen molar-refractivity contribution in [1.29, 1.82) is 0 Å². The van der Waals surface area contributed by atoms with Crippen LogP contribution in [-0.4, -0.2) is 17.4 Å². The van der Waals surface area contributed by atoms with Gasteiger partial charge in [0.1, 0.15) is 5.69 Å². The predicted molar refractivity (Wildman–Crippen MR) is 67.7 cm³/mol. The van der Waals surface area contributed by atoms with Gasteiger partial charge in [-0.1, -0.05) is 12.1 Å². The molecule has 4 nitrogen and oxygen atoms in total. The molecule has 2 rings (SSSR count). The molecule has 0 unspecified atom stereocenters. The summed E-state index contributed by atoms with van der Waals surface area (Å²) < 4.78 is 0. The summed E-state index contributed by atoms with van der Waals surface area (Å²) in [6.45, 7) is 0.613. The normalized spacial score (nSPS) is 10.1. The number of carbonyl (C=O) groups is 1. The Morgan fingerprint density at radius 1 is 1.24 bits per heavy atom. The number of hydrogen-bond donors (Lipinski definition) is 3. The van der Waals surface area contributed by atoms with Crippen molar-refractivity contribution < 1.29 is 4.79 Å². The van der Waals surface area contributed by atoms with E-state index in [-0.39, 0.29) is 5.91 Å². The van der Waals surface area contributed by atoms with Crippen molar-refractivity contribution in [2.75, 3.05) is 12.3 Å². The molecule has 1 aromatic heterocycles. The first-order valence-electron chi connectivity index (χ1n) is 5.52. The van der Waals surface area contributed by atoms with Gasteiger partial charge in [0.15, 0.2) is 0 Å². The van der Waals surface area contributed by atoms with Crippen LogP contribution in [0.15, 0.2) is 42.6 Å². The molecule has 17 heavy (non-hydrogen) atoms. The highest BCUT2D eigenvalue weighted by Crippen LogP contribution is 2.05. The van der Waals surface area contributed by atoms with E-state index >= 15 is 0 Å². The highest BCUT2D eigenvalue weighted by Gasteiger charge is 2.04. The van der Waals surface area contributed by atoms with E-state index in [1.165, 1.54) is 0 Å². The zero-order valence-corrected chi connectivity index (χ0v) is 9.44. The molecule has 1 aromatic carbocycles. The van der Waals surface area contributed by atoms with Crippen molar-refractivity contribution in [3.8, 4) is 0 Å². The molecule has 0 atom stereocenters. The number of rotatable bonds is 4. The Kier molecular flexibility index (Phi) is 3.45. The first-order chi connectivity index (χ1) is 8.25. The Morgan fingerprint density at radius 2 is 2.00 bits per heavy atom. The highest BCUT2D eigenvalue weighted by molar-refractivity contribution is 5.92. The van der Waals surface area contributed by atoms with Crippen LogP contribution in [0.25, 0.3) is 0 Å². The largest absolute Gasteiger partial charge is 0.399 e. The van der Waals surface area contributed by atoms with Crippen LogP contribution >= 0.6 is 0 Å². The molecule has 0 bridgehead atoms. The number of nitrogens with one attached hydrogen (secondary N) is 2. The molecule has 0 saturated heterocycles. The van der Waals surface area contributed by atoms with E-state index in [1.807, 2.05) is 24.3 Å².